The van der Waals surface area contributed by atoms with Crippen LogP contribution >= 0.6 is 0 Å². The van der Waals surface area contributed by atoms with Crippen molar-refractivity contribution >= 4 is 70.9 Å². The van der Waals surface area contributed by atoms with E-state index in [0.717, 1.165) is 71.0 Å². The predicted molar refractivity (Wildman–Crippen MR) is 245 cm³/mol. The van der Waals surface area contributed by atoms with E-state index in [0.29, 0.717) is 11.3 Å². The first-order valence-corrected chi connectivity index (χ1v) is 19.3. The Morgan fingerprint density at radius 1 is 0.263 bits per heavy atom. The quantitative estimate of drug-likeness (QED) is 0.154. The van der Waals surface area contributed by atoms with Crippen LogP contribution in [0, 0.1) is 0 Å². The van der Waals surface area contributed by atoms with Gasteiger partial charge in [0.2, 0.25) is 0 Å². The van der Waals surface area contributed by atoms with Crippen LogP contribution in [0.1, 0.15) is 5.48 Å². The van der Waals surface area contributed by atoms with Gasteiger partial charge in [-0.15, -0.1) is 0 Å². The summed E-state index contributed by atoms with van der Waals surface area (Å²) in [6.07, 6.45) is 0. The lowest BCUT2D eigenvalue weighted by Gasteiger charge is -2.27. The van der Waals surface area contributed by atoms with Crippen LogP contribution in [-0.4, -0.2) is 0 Å². The number of nitrogens with zero attached hydrogens (tertiary/aromatic N) is 1. The van der Waals surface area contributed by atoms with E-state index in [1.165, 1.54) is 10.8 Å². The average Bonchev–Trinajstić information content (AvgIpc) is 3.32. The van der Waals surface area contributed by atoms with E-state index in [1.54, 1.807) is 0 Å². The number of benzene rings is 11. The van der Waals surface area contributed by atoms with Crippen LogP contribution in [0.2, 0.25) is 0 Å². The van der Waals surface area contributed by atoms with Gasteiger partial charge < -0.3 is 4.90 Å². The highest BCUT2D eigenvalue weighted by atomic mass is 15.1. The molecule has 0 atom stereocenters. The Labute approximate surface area is 338 Å². The van der Waals surface area contributed by atoms with Crippen molar-refractivity contribution in [3.63, 3.8) is 0 Å². The number of fused-ring (bicyclic) bond motifs is 7. The average molecular weight is 728 g/mol. The third kappa shape index (κ3) is 5.72. The largest absolute Gasteiger partial charge is 0.310 e. The molecule has 0 aliphatic heterocycles. The summed E-state index contributed by atoms with van der Waals surface area (Å²) in [4.78, 5) is 1.89. The van der Waals surface area contributed by atoms with Gasteiger partial charge in [0.15, 0.2) is 0 Å². The van der Waals surface area contributed by atoms with Gasteiger partial charge in [0.25, 0.3) is 0 Å². The summed E-state index contributed by atoms with van der Waals surface area (Å²) in [7, 11) is 0. The lowest BCUT2D eigenvalue weighted by molar-refractivity contribution is 1.28. The molecule has 0 spiro atoms. The van der Waals surface area contributed by atoms with E-state index in [-0.39, 0.29) is 35.4 Å². The van der Waals surface area contributed by atoms with Gasteiger partial charge in [-0.2, -0.15) is 0 Å². The maximum Gasteiger partial charge on any atom is 0.0645 e. The van der Waals surface area contributed by atoms with Gasteiger partial charge in [-0.1, -0.05) is 176 Å². The fraction of sp³-hybridized carbons (Fsp3) is 0. The molecule has 0 unspecified atom stereocenters. The molecule has 0 fully saturated rings. The minimum atomic E-state index is -0.118. The highest BCUT2D eigenvalue weighted by Crippen LogP contribution is 2.42. The van der Waals surface area contributed by atoms with Crippen molar-refractivity contribution in [1.82, 2.24) is 0 Å². The van der Waals surface area contributed by atoms with E-state index in [9.17, 15) is 5.48 Å². The Hall–Kier alpha value is -7.48. The third-order valence-corrected chi connectivity index (χ3v) is 11.3. The maximum atomic E-state index is 9.77. The Bertz CT molecular complexity index is 3500. The first-order valence-electron chi connectivity index (χ1n) is 21.3. The molecular formula is C56H37N. The molecule has 11 aromatic carbocycles. The highest BCUT2D eigenvalue weighted by molar-refractivity contribution is 6.15. The van der Waals surface area contributed by atoms with Crippen LogP contribution < -0.4 is 4.90 Å². The second kappa shape index (κ2) is 13.7. The zero-order valence-corrected chi connectivity index (χ0v) is 31.0. The molecule has 0 saturated carbocycles. The molecule has 1 nitrogen and oxygen atoms in total. The molecule has 0 radical (unpaired) electrons. The summed E-state index contributed by atoms with van der Waals surface area (Å²) >= 11 is 0. The van der Waals surface area contributed by atoms with Gasteiger partial charge in [-0.25, -0.2) is 0 Å². The van der Waals surface area contributed by atoms with E-state index >= 15 is 0 Å². The Kier molecular flexibility index (Phi) is 6.93. The lowest BCUT2D eigenvalue weighted by atomic mass is 9.92. The highest BCUT2D eigenvalue weighted by Gasteiger charge is 2.17. The molecular weight excluding hydrogens is 687 g/mol. The van der Waals surface area contributed by atoms with Gasteiger partial charge in [0, 0.05) is 17.1 Å². The summed E-state index contributed by atoms with van der Waals surface area (Å²) in [5, 5.41) is 10.9. The number of rotatable bonds is 6. The molecule has 266 valence electrons. The minimum Gasteiger partial charge on any atom is -0.310 e. The van der Waals surface area contributed by atoms with Crippen LogP contribution in [0.4, 0.5) is 17.1 Å². The molecule has 0 aliphatic rings. The second-order valence-electron chi connectivity index (χ2n) is 14.6. The molecule has 0 bridgehead atoms. The van der Waals surface area contributed by atoms with E-state index in [1.807, 2.05) is 77.7 Å². The Morgan fingerprint density at radius 2 is 0.754 bits per heavy atom. The minimum absolute atomic E-state index is 0.0921. The molecule has 11 aromatic rings. The summed E-state index contributed by atoms with van der Waals surface area (Å²) < 4.78 is 38.9. The molecule has 0 heterocycles. The molecule has 1 heteroatoms. The Morgan fingerprint density at radius 3 is 1.39 bits per heavy atom. The predicted octanol–water partition coefficient (Wildman–Crippen LogP) is 15.9. The number of anilines is 3. The topological polar surface area (TPSA) is 3.24 Å². The molecule has 0 amide bonds. The number of hydrogen-bond donors (Lipinski definition) is 0. The van der Waals surface area contributed by atoms with E-state index < -0.39 is 0 Å². The molecule has 0 saturated heterocycles. The van der Waals surface area contributed by atoms with Crippen molar-refractivity contribution in [2.24, 2.45) is 0 Å². The van der Waals surface area contributed by atoms with Gasteiger partial charge in [-0.3, -0.25) is 0 Å². The van der Waals surface area contributed by atoms with Gasteiger partial charge in [-0.05, 0) is 136 Å². The third-order valence-electron chi connectivity index (χ3n) is 11.3. The van der Waals surface area contributed by atoms with Gasteiger partial charge >= 0.3 is 0 Å². The van der Waals surface area contributed by atoms with E-state index in [4.69, 9.17) is 0 Å². The maximum absolute atomic E-state index is 9.77. The molecule has 57 heavy (non-hydrogen) atoms. The Balaban J connectivity index is 1.13. The van der Waals surface area contributed by atoms with Crippen molar-refractivity contribution in [2.75, 3.05) is 4.90 Å². The van der Waals surface area contributed by atoms with Crippen LogP contribution in [0.3, 0.4) is 0 Å². The van der Waals surface area contributed by atoms with Crippen LogP contribution in [0.15, 0.2) is 224 Å². The van der Waals surface area contributed by atoms with Crippen molar-refractivity contribution in [1.29, 1.82) is 0 Å². The number of hydrogen-bond acceptors (Lipinski definition) is 1. The summed E-state index contributed by atoms with van der Waals surface area (Å²) in [6.45, 7) is 0. The zero-order chi connectivity index (χ0) is 41.2. The van der Waals surface area contributed by atoms with Crippen molar-refractivity contribution in [3.8, 4) is 33.4 Å². The normalized spacial score (nSPS) is 12.5. The summed E-state index contributed by atoms with van der Waals surface area (Å²) in [5.41, 5.74) is 6.77. The smallest absolute Gasteiger partial charge is 0.0645 e. The van der Waals surface area contributed by atoms with Crippen LogP contribution in [-0.2, 0) is 0 Å². The standard InChI is InChI=1S/C56H37N/c1-4-19-47-38(13-1)16-12-26-48(47)39-27-31-44(32-28-39)57(45-33-29-40(30-34-45)55-36-42-14-2-5-20-49(42)51-22-7-9-24-53(51)55)46-18-11-17-41(35-46)56-37-43-15-3-6-21-50(43)52-23-8-10-25-54(52)56/h1-37H/i29D,30D,33D,34D. The zero-order valence-electron chi connectivity index (χ0n) is 35.0. The summed E-state index contributed by atoms with van der Waals surface area (Å²) in [6, 6.07) is 67.9. The van der Waals surface area contributed by atoms with E-state index in [2.05, 4.69) is 127 Å². The summed E-state index contributed by atoms with van der Waals surface area (Å²) in [5.74, 6) is 0. The molecule has 0 aromatic heterocycles. The monoisotopic (exact) mass is 727 g/mol. The first kappa shape index (κ1) is 28.9. The van der Waals surface area contributed by atoms with Crippen molar-refractivity contribution < 1.29 is 5.48 Å². The van der Waals surface area contributed by atoms with Crippen molar-refractivity contribution in [3.05, 3.63) is 224 Å². The fourth-order valence-electron chi connectivity index (χ4n) is 8.59. The lowest BCUT2D eigenvalue weighted by Crippen LogP contribution is -2.10. The van der Waals surface area contributed by atoms with Gasteiger partial charge in [0.1, 0.15) is 0 Å². The second-order valence-corrected chi connectivity index (χ2v) is 14.6. The fourth-order valence-corrected chi connectivity index (χ4v) is 8.59. The van der Waals surface area contributed by atoms with Crippen molar-refractivity contribution in [2.45, 2.75) is 0 Å². The molecule has 11 rings (SSSR count). The molecule has 0 aliphatic carbocycles. The van der Waals surface area contributed by atoms with Gasteiger partial charge in [0.05, 0.1) is 5.48 Å². The SMILES string of the molecule is [2H]c1c([2H])c(N(c2ccc(-c3cccc4ccccc34)cc2)c2cccc(-c3cc4ccccc4c4ccccc34)c2)c([2H])c([2H])c1-c1cc2ccccc2c2ccccc12. The van der Waals surface area contributed by atoms with Crippen LogP contribution in [0.5, 0.6) is 0 Å². The first-order chi connectivity index (χ1) is 29.9. The van der Waals surface area contributed by atoms with Crippen LogP contribution in [0.25, 0.3) is 87.2 Å². The molecule has 0 N–H and O–H groups in total.